The number of nitrogens with zero attached hydrogens (tertiary/aromatic N) is 1. The predicted molar refractivity (Wildman–Crippen MR) is 93.5 cm³/mol. The van der Waals surface area contributed by atoms with Crippen LogP contribution in [0.15, 0.2) is 46.9 Å². The molecule has 0 heterocycles. The molecule has 112 valence electrons. The molecule has 2 rings (SSSR count). The quantitative estimate of drug-likeness (QED) is 0.847. The van der Waals surface area contributed by atoms with Gasteiger partial charge in [0.2, 0.25) is 0 Å². The molecule has 0 aromatic heterocycles. The Kier molecular flexibility index (Phi) is 5.12. The molecule has 2 aromatic carbocycles. The summed E-state index contributed by atoms with van der Waals surface area (Å²) in [5.74, 6) is 0.878. The van der Waals surface area contributed by atoms with Gasteiger partial charge in [-0.1, -0.05) is 28.1 Å². The van der Waals surface area contributed by atoms with Crippen molar-refractivity contribution >= 4 is 27.3 Å². The van der Waals surface area contributed by atoms with Gasteiger partial charge in [0.05, 0.1) is 18.5 Å². The Morgan fingerprint density at radius 3 is 2.57 bits per heavy atom. The van der Waals surface area contributed by atoms with Crippen molar-refractivity contribution in [1.82, 2.24) is 0 Å². The number of hydrogen-bond acceptors (Lipinski definition) is 3. The molecular formula is C17H21BrN2O. The van der Waals surface area contributed by atoms with Crippen molar-refractivity contribution in [3.8, 4) is 5.75 Å². The van der Waals surface area contributed by atoms with Crippen LogP contribution >= 0.6 is 15.9 Å². The Hall–Kier alpha value is -1.68. The number of ether oxygens (including phenoxy) is 1. The average Bonchev–Trinajstić information content (AvgIpc) is 2.47. The van der Waals surface area contributed by atoms with E-state index in [4.69, 9.17) is 4.74 Å². The number of benzene rings is 2. The van der Waals surface area contributed by atoms with Crippen molar-refractivity contribution in [3.63, 3.8) is 0 Å². The smallest absolute Gasteiger partial charge is 0.119 e. The molecule has 0 aliphatic rings. The number of rotatable bonds is 5. The van der Waals surface area contributed by atoms with Gasteiger partial charge in [0.1, 0.15) is 5.75 Å². The van der Waals surface area contributed by atoms with Crippen LogP contribution in [-0.2, 0) is 0 Å². The first-order valence-electron chi connectivity index (χ1n) is 6.88. The van der Waals surface area contributed by atoms with E-state index in [1.165, 1.54) is 5.56 Å². The SMILES string of the molecule is COc1cccc(C(C)Nc2cc(Br)ccc2N(C)C)c1. The Morgan fingerprint density at radius 1 is 1.14 bits per heavy atom. The fraction of sp³-hybridized carbons (Fsp3) is 0.294. The Morgan fingerprint density at radius 2 is 1.90 bits per heavy atom. The van der Waals surface area contributed by atoms with Crippen LogP contribution in [0.25, 0.3) is 0 Å². The molecule has 0 saturated heterocycles. The number of anilines is 2. The normalized spacial score (nSPS) is 11.9. The zero-order chi connectivity index (χ0) is 15.4. The third kappa shape index (κ3) is 3.91. The lowest BCUT2D eigenvalue weighted by atomic mass is 10.1. The summed E-state index contributed by atoms with van der Waals surface area (Å²) in [6, 6.07) is 14.6. The number of halogens is 1. The maximum absolute atomic E-state index is 5.29. The lowest BCUT2D eigenvalue weighted by Crippen LogP contribution is -2.14. The van der Waals surface area contributed by atoms with Gasteiger partial charge in [0, 0.05) is 24.6 Å². The van der Waals surface area contributed by atoms with Gasteiger partial charge in [0.25, 0.3) is 0 Å². The summed E-state index contributed by atoms with van der Waals surface area (Å²) >= 11 is 3.54. The van der Waals surface area contributed by atoms with Crippen LogP contribution in [0.4, 0.5) is 11.4 Å². The second kappa shape index (κ2) is 6.85. The molecule has 2 aromatic rings. The molecular weight excluding hydrogens is 328 g/mol. The summed E-state index contributed by atoms with van der Waals surface area (Å²) in [5.41, 5.74) is 3.46. The number of nitrogens with one attached hydrogen (secondary N) is 1. The van der Waals surface area contributed by atoms with Crippen LogP contribution < -0.4 is 15.0 Å². The lowest BCUT2D eigenvalue weighted by molar-refractivity contribution is 0.414. The van der Waals surface area contributed by atoms with Crippen LogP contribution in [-0.4, -0.2) is 21.2 Å². The van der Waals surface area contributed by atoms with Crippen LogP contribution in [0.5, 0.6) is 5.75 Å². The predicted octanol–water partition coefficient (Wildman–Crippen LogP) is 4.70. The van der Waals surface area contributed by atoms with Gasteiger partial charge >= 0.3 is 0 Å². The molecule has 0 bridgehead atoms. The molecule has 0 saturated carbocycles. The van der Waals surface area contributed by atoms with E-state index in [1.807, 2.05) is 26.2 Å². The lowest BCUT2D eigenvalue weighted by Gasteiger charge is -2.22. The topological polar surface area (TPSA) is 24.5 Å². The van der Waals surface area contributed by atoms with E-state index >= 15 is 0 Å². The zero-order valence-corrected chi connectivity index (χ0v) is 14.4. The summed E-state index contributed by atoms with van der Waals surface area (Å²) in [6.45, 7) is 2.15. The largest absolute Gasteiger partial charge is 0.497 e. The minimum absolute atomic E-state index is 0.188. The van der Waals surface area contributed by atoms with Crippen LogP contribution in [0, 0.1) is 0 Å². The van der Waals surface area contributed by atoms with E-state index in [9.17, 15) is 0 Å². The third-order valence-electron chi connectivity index (χ3n) is 3.41. The summed E-state index contributed by atoms with van der Waals surface area (Å²) in [7, 11) is 5.78. The van der Waals surface area contributed by atoms with Gasteiger partial charge in [-0.15, -0.1) is 0 Å². The summed E-state index contributed by atoms with van der Waals surface area (Å²) in [4.78, 5) is 2.10. The molecule has 0 radical (unpaired) electrons. The first-order valence-corrected chi connectivity index (χ1v) is 7.68. The Balaban J connectivity index is 2.26. The van der Waals surface area contributed by atoms with Crippen LogP contribution in [0.1, 0.15) is 18.5 Å². The second-order valence-electron chi connectivity index (χ2n) is 5.20. The summed E-state index contributed by atoms with van der Waals surface area (Å²) in [5, 5.41) is 3.57. The molecule has 0 fully saturated rings. The third-order valence-corrected chi connectivity index (χ3v) is 3.90. The zero-order valence-electron chi connectivity index (χ0n) is 12.9. The number of hydrogen-bond donors (Lipinski definition) is 1. The fourth-order valence-corrected chi connectivity index (χ4v) is 2.60. The van der Waals surface area contributed by atoms with Crippen molar-refractivity contribution in [2.75, 3.05) is 31.4 Å². The van der Waals surface area contributed by atoms with Crippen LogP contribution in [0.3, 0.4) is 0 Å². The molecule has 1 atom stereocenters. The molecule has 0 aliphatic heterocycles. The van der Waals surface area contributed by atoms with Crippen molar-refractivity contribution in [1.29, 1.82) is 0 Å². The highest BCUT2D eigenvalue weighted by atomic mass is 79.9. The number of methoxy groups -OCH3 is 1. The van der Waals surface area contributed by atoms with E-state index in [0.717, 1.165) is 21.6 Å². The van der Waals surface area contributed by atoms with E-state index in [2.05, 4.69) is 63.4 Å². The highest BCUT2D eigenvalue weighted by Crippen LogP contribution is 2.31. The minimum Gasteiger partial charge on any atom is -0.497 e. The highest BCUT2D eigenvalue weighted by Gasteiger charge is 2.11. The first kappa shape index (κ1) is 15.7. The van der Waals surface area contributed by atoms with Gasteiger partial charge < -0.3 is 15.0 Å². The van der Waals surface area contributed by atoms with Gasteiger partial charge in [-0.3, -0.25) is 0 Å². The van der Waals surface area contributed by atoms with Gasteiger partial charge in [-0.25, -0.2) is 0 Å². The van der Waals surface area contributed by atoms with Crippen molar-refractivity contribution in [2.24, 2.45) is 0 Å². The molecule has 0 amide bonds. The second-order valence-corrected chi connectivity index (χ2v) is 6.11. The average molecular weight is 349 g/mol. The van der Waals surface area contributed by atoms with Crippen molar-refractivity contribution in [3.05, 3.63) is 52.5 Å². The van der Waals surface area contributed by atoms with Gasteiger partial charge in [-0.05, 0) is 42.8 Å². The Labute approximate surface area is 135 Å². The molecule has 0 spiro atoms. The fourth-order valence-electron chi connectivity index (χ4n) is 2.24. The Bertz CT molecular complexity index is 613. The first-order chi connectivity index (χ1) is 10.0. The van der Waals surface area contributed by atoms with Crippen molar-refractivity contribution in [2.45, 2.75) is 13.0 Å². The molecule has 1 N–H and O–H groups in total. The van der Waals surface area contributed by atoms with E-state index in [-0.39, 0.29) is 6.04 Å². The van der Waals surface area contributed by atoms with E-state index < -0.39 is 0 Å². The monoisotopic (exact) mass is 348 g/mol. The maximum Gasteiger partial charge on any atom is 0.119 e. The maximum atomic E-state index is 5.29. The summed E-state index contributed by atoms with van der Waals surface area (Å²) in [6.07, 6.45) is 0. The van der Waals surface area contributed by atoms with Gasteiger partial charge in [0.15, 0.2) is 0 Å². The van der Waals surface area contributed by atoms with Gasteiger partial charge in [-0.2, -0.15) is 0 Å². The summed E-state index contributed by atoms with van der Waals surface area (Å²) < 4.78 is 6.36. The minimum atomic E-state index is 0.188. The van der Waals surface area contributed by atoms with E-state index in [0.29, 0.717) is 0 Å². The standard InChI is InChI=1S/C17H21BrN2O/c1-12(13-6-5-7-15(10-13)21-4)19-16-11-14(18)8-9-17(16)20(2)3/h5-12,19H,1-4H3. The van der Waals surface area contributed by atoms with Crippen LogP contribution in [0.2, 0.25) is 0 Å². The molecule has 4 heteroatoms. The molecule has 3 nitrogen and oxygen atoms in total. The molecule has 1 unspecified atom stereocenters. The molecule has 21 heavy (non-hydrogen) atoms. The highest BCUT2D eigenvalue weighted by molar-refractivity contribution is 9.10. The molecule has 0 aliphatic carbocycles. The van der Waals surface area contributed by atoms with Crippen molar-refractivity contribution < 1.29 is 4.74 Å². The van der Waals surface area contributed by atoms with E-state index in [1.54, 1.807) is 7.11 Å².